The van der Waals surface area contributed by atoms with E-state index in [-0.39, 0.29) is 11.5 Å². The third-order valence-corrected chi connectivity index (χ3v) is 2.59. The number of nitrogens with two attached hydrogens (primary N) is 1. The van der Waals surface area contributed by atoms with Crippen LogP contribution in [0.2, 0.25) is 0 Å². The molecule has 4 nitrogen and oxygen atoms in total. The minimum Gasteiger partial charge on any atom is -0.507 e. The summed E-state index contributed by atoms with van der Waals surface area (Å²) >= 11 is 0. The summed E-state index contributed by atoms with van der Waals surface area (Å²) in [4.78, 5) is 10.4. The maximum atomic E-state index is 12.1. The van der Waals surface area contributed by atoms with Crippen LogP contribution in [0.4, 0.5) is 13.2 Å². The van der Waals surface area contributed by atoms with Crippen molar-refractivity contribution >= 4 is 12.1 Å². The summed E-state index contributed by atoms with van der Waals surface area (Å²) in [5, 5.41) is 15.8. The molecule has 0 spiro atoms. The summed E-state index contributed by atoms with van der Waals surface area (Å²) < 4.78 is 36.4. The highest BCUT2D eigenvalue weighted by atomic mass is 19.4. The zero-order valence-electron chi connectivity index (χ0n) is 11.3. The zero-order valence-corrected chi connectivity index (χ0v) is 11.3. The number of primary amides is 1. The molecule has 0 radical (unpaired) electrons. The third kappa shape index (κ3) is 4.62. The molecule has 0 bridgehead atoms. The molecule has 2 rings (SSSR count). The molecule has 2 aromatic rings. The van der Waals surface area contributed by atoms with Crippen LogP contribution in [0, 0.1) is 5.41 Å². The molecule has 0 aromatic heterocycles. The number of nitrogens with one attached hydrogen (secondary N) is 1. The Morgan fingerprint density at radius 1 is 1.09 bits per heavy atom. The molecular formula is C15H13F3N2O2. The van der Waals surface area contributed by atoms with E-state index >= 15 is 0 Å². The summed E-state index contributed by atoms with van der Waals surface area (Å²) in [6, 6.07) is 11.9. The van der Waals surface area contributed by atoms with Gasteiger partial charge in [-0.15, -0.1) is 0 Å². The Morgan fingerprint density at radius 2 is 1.68 bits per heavy atom. The van der Waals surface area contributed by atoms with Gasteiger partial charge in [-0.2, -0.15) is 13.2 Å². The van der Waals surface area contributed by atoms with Gasteiger partial charge in [0.25, 0.3) is 0 Å². The largest absolute Gasteiger partial charge is 0.507 e. The first-order valence-electron chi connectivity index (χ1n) is 6.02. The lowest BCUT2D eigenvalue weighted by molar-refractivity contribution is -0.138. The first-order chi connectivity index (χ1) is 10.3. The Bertz CT molecular complexity index is 656. The molecule has 0 saturated heterocycles. The molecule has 0 heterocycles. The van der Waals surface area contributed by atoms with Crippen LogP contribution in [0.15, 0.2) is 48.5 Å². The molecule has 2 aromatic carbocycles. The van der Waals surface area contributed by atoms with Gasteiger partial charge in [-0.05, 0) is 24.3 Å². The van der Waals surface area contributed by atoms with E-state index < -0.39 is 17.5 Å². The van der Waals surface area contributed by atoms with Gasteiger partial charge in [0.2, 0.25) is 5.91 Å². The number of hydrogen-bond acceptors (Lipinski definition) is 3. The molecule has 0 unspecified atom stereocenters. The number of rotatable bonds is 2. The first-order valence-corrected chi connectivity index (χ1v) is 6.02. The fraction of sp³-hybridized carbons (Fsp3) is 0.0667. The molecule has 0 fully saturated rings. The molecule has 22 heavy (non-hydrogen) atoms. The fourth-order valence-electron chi connectivity index (χ4n) is 1.51. The van der Waals surface area contributed by atoms with Crippen molar-refractivity contribution in [1.29, 1.82) is 5.41 Å². The average molecular weight is 310 g/mol. The molecule has 7 heteroatoms. The first kappa shape index (κ1) is 17.2. The van der Waals surface area contributed by atoms with Crippen molar-refractivity contribution in [2.75, 3.05) is 0 Å². The molecule has 116 valence electrons. The summed E-state index contributed by atoms with van der Waals surface area (Å²) in [7, 11) is 0. The smallest absolute Gasteiger partial charge is 0.419 e. The van der Waals surface area contributed by atoms with Gasteiger partial charge < -0.3 is 16.2 Å². The topological polar surface area (TPSA) is 87.2 Å². The van der Waals surface area contributed by atoms with E-state index in [2.05, 4.69) is 0 Å². The van der Waals surface area contributed by atoms with E-state index in [0.717, 1.165) is 12.1 Å². The van der Waals surface area contributed by atoms with Crippen molar-refractivity contribution in [3.63, 3.8) is 0 Å². The van der Waals surface area contributed by atoms with Crippen LogP contribution >= 0.6 is 0 Å². The van der Waals surface area contributed by atoms with Crippen LogP contribution in [0.25, 0.3) is 0 Å². The van der Waals surface area contributed by atoms with Crippen LogP contribution in [0.5, 0.6) is 5.75 Å². The summed E-state index contributed by atoms with van der Waals surface area (Å²) in [6.45, 7) is 0. The molecule has 0 aliphatic heterocycles. The monoisotopic (exact) mass is 310 g/mol. The maximum Gasteiger partial charge on any atom is 0.419 e. The van der Waals surface area contributed by atoms with Gasteiger partial charge in [0, 0.05) is 17.3 Å². The lowest BCUT2D eigenvalue weighted by Gasteiger charge is -2.09. The number of aromatic hydroxyl groups is 1. The second-order valence-corrected chi connectivity index (χ2v) is 4.12. The van der Waals surface area contributed by atoms with E-state index in [1.807, 2.05) is 6.07 Å². The van der Waals surface area contributed by atoms with Crippen LogP contribution in [0.3, 0.4) is 0 Å². The van der Waals surface area contributed by atoms with E-state index in [9.17, 15) is 18.0 Å². The van der Waals surface area contributed by atoms with Crippen molar-refractivity contribution in [3.05, 3.63) is 65.2 Å². The predicted octanol–water partition coefficient (Wildman–Crippen LogP) is 3.19. The van der Waals surface area contributed by atoms with E-state index in [4.69, 9.17) is 16.2 Å². The third-order valence-electron chi connectivity index (χ3n) is 2.59. The van der Waals surface area contributed by atoms with E-state index in [1.54, 1.807) is 24.3 Å². The van der Waals surface area contributed by atoms with Gasteiger partial charge in [-0.25, -0.2) is 0 Å². The van der Waals surface area contributed by atoms with E-state index in [1.165, 1.54) is 6.07 Å². The minimum atomic E-state index is -4.58. The fourth-order valence-corrected chi connectivity index (χ4v) is 1.51. The van der Waals surface area contributed by atoms with Crippen molar-refractivity contribution in [1.82, 2.24) is 0 Å². The van der Waals surface area contributed by atoms with Crippen molar-refractivity contribution in [2.24, 2.45) is 5.73 Å². The number of benzene rings is 2. The number of phenols is 1. The second-order valence-electron chi connectivity index (χ2n) is 4.12. The lowest BCUT2D eigenvalue weighted by Crippen LogP contribution is -2.09. The Balaban J connectivity index is 0.000000235. The van der Waals surface area contributed by atoms with Crippen LogP contribution in [-0.2, 0) is 6.18 Å². The Morgan fingerprint density at radius 3 is 2.09 bits per heavy atom. The number of phenolic OH excluding ortho intramolecular Hbond substituents is 1. The van der Waals surface area contributed by atoms with Crippen LogP contribution < -0.4 is 5.73 Å². The number of alkyl halides is 3. The minimum absolute atomic E-state index is 0.144. The van der Waals surface area contributed by atoms with Crippen LogP contribution in [-0.4, -0.2) is 17.2 Å². The number of para-hydroxylation sites is 1. The van der Waals surface area contributed by atoms with Gasteiger partial charge in [-0.1, -0.05) is 24.3 Å². The van der Waals surface area contributed by atoms with Crippen molar-refractivity contribution in [2.45, 2.75) is 6.18 Å². The number of halogens is 3. The highest BCUT2D eigenvalue weighted by Crippen LogP contribution is 2.36. The SMILES string of the molecule is N=Cc1cccc(C(F)(F)F)c1O.NC(=O)c1ccccc1. The normalized spacial score (nSPS) is 10.3. The van der Waals surface area contributed by atoms with Crippen molar-refractivity contribution < 1.29 is 23.1 Å². The van der Waals surface area contributed by atoms with Gasteiger partial charge >= 0.3 is 6.18 Å². The number of carbonyl (C=O) groups is 1. The number of amides is 1. The average Bonchev–Trinajstić information content (AvgIpc) is 2.48. The predicted molar refractivity (Wildman–Crippen MR) is 76.0 cm³/mol. The molecular weight excluding hydrogens is 297 g/mol. The van der Waals surface area contributed by atoms with Gasteiger partial charge in [0.15, 0.2) is 0 Å². The van der Waals surface area contributed by atoms with Crippen LogP contribution in [0.1, 0.15) is 21.5 Å². The number of hydrogen-bond donors (Lipinski definition) is 3. The zero-order chi connectivity index (χ0) is 16.8. The molecule has 4 N–H and O–H groups in total. The molecule has 0 atom stereocenters. The number of carbonyl (C=O) groups excluding carboxylic acids is 1. The highest BCUT2D eigenvalue weighted by Gasteiger charge is 2.34. The van der Waals surface area contributed by atoms with Crippen molar-refractivity contribution in [3.8, 4) is 5.75 Å². The Labute approximate surface area is 124 Å². The standard InChI is InChI=1S/C8H6F3NO.C7H7NO/c9-8(10,11)6-3-1-2-5(4-12)7(6)13;8-7(9)6-4-2-1-3-5-6/h1-4,12-13H;1-5H,(H2,8,9). The summed E-state index contributed by atoms with van der Waals surface area (Å²) in [5.74, 6) is -1.28. The quantitative estimate of drug-likeness (QED) is 0.744. The van der Waals surface area contributed by atoms with Gasteiger partial charge in [0.05, 0.1) is 5.56 Å². The summed E-state index contributed by atoms with van der Waals surface area (Å²) in [5.41, 5.74) is 4.27. The molecule has 0 aliphatic carbocycles. The lowest BCUT2D eigenvalue weighted by atomic mass is 10.1. The van der Waals surface area contributed by atoms with E-state index in [0.29, 0.717) is 11.8 Å². The Kier molecular flexibility index (Phi) is 5.68. The molecule has 0 aliphatic rings. The van der Waals surface area contributed by atoms with Gasteiger partial charge in [0.1, 0.15) is 5.75 Å². The summed E-state index contributed by atoms with van der Waals surface area (Å²) in [6.07, 6.45) is -3.91. The Hall–Kier alpha value is -2.83. The van der Waals surface area contributed by atoms with Gasteiger partial charge in [-0.3, -0.25) is 4.79 Å². The highest BCUT2D eigenvalue weighted by molar-refractivity contribution is 5.92. The molecule has 1 amide bonds. The molecule has 0 saturated carbocycles. The second kappa shape index (κ2) is 7.26. The maximum absolute atomic E-state index is 12.1.